The maximum atomic E-state index is 11.4. The van der Waals surface area contributed by atoms with Crippen molar-refractivity contribution >= 4 is 5.97 Å². The van der Waals surface area contributed by atoms with E-state index >= 15 is 0 Å². The lowest BCUT2D eigenvalue weighted by molar-refractivity contribution is 0.0692. The second-order valence-corrected chi connectivity index (χ2v) is 4.20. The summed E-state index contributed by atoms with van der Waals surface area (Å²) in [6.45, 7) is 0. The SMILES string of the molecule is O=C(O)c1cn([C@@H]2CCC[C@H]2O)cc(O)c1=O. The van der Waals surface area contributed by atoms with Crippen molar-refractivity contribution in [3.8, 4) is 5.75 Å². The van der Waals surface area contributed by atoms with Crippen molar-refractivity contribution in [1.82, 2.24) is 4.57 Å². The van der Waals surface area contributed by atoms with Crippen molar-refractivity contribution in [2.24, 2.45) is 0 Å². The van der Waals surface area contributed by atoms with Gasteiger partial charge in [-0.15, -0.1) is 0 Å². The van der Waals surface area contributed by atoms with Crippen molar-refractivity contribution in [2.75, 3.05) is 0 Å². The van der Waals surface area contributed by atoms with Crippen LogP contribution in [0.5, 0.6) is 5.75 Å². The molecule has 2 rings (SSSR count). The summed E-state index contributed by atoms with van der Waals surface area (Å²) in [4.78, 5) is 22.2. The molecule has 6 heteroatoms. The Balaban J connectivity index is 2.49. The van der Waals surface area contributed by atoms with Crippen LogP contribution in [0.15, 0.2) is 17.2 Å². The molecule has 0 amide bonds. The van der Waals surface area contributed by atoms with Crippen LogP contribution in [-0.4, -0.2) is 32.0 Å². The molecular weight excluding hydrogens is 226 g/mol. The van der Waals surface area contributed by atoms with E-state index in [4.69, 9.17) is 5.11 Å². The summed E-state index contributed by atoms with van der Waals surface area (Å²) in [6, 6.07) is -0.278. The van der Waals surface area contributed by atoms with Gasteiger partial charge in [-0.25, -0.2) is 4.79 Å². The lowest BCUT2D eigenvalue weighted by Gasteiger charge is -2.19. The van der Waals surface area contributed by atoms with Crippen LogP contribution < -0.4 is 5.43 Å². The third-order valence-electron chi connectivity index (χ3n) is 3.08. The lowest BCUT2D eigenvalue weighted by Crippen LogP contribution is -2.23. The monoisotopic (exact) mass is 239 g/mol. The van der Waals surface area contributed by atoms with Crippen LogP contribution in [0.3, 0.4) is 0 Å². The number of carboxylic acid groups (broad SMARTS) is 1. The first-order valence-corrected chi connectivity index (χ1v) is 5.37. The van der Waals surface area contributed by atoms with E-state index in [2.05, 4.69) is 0 Å². The molecule has 0 unspecified atom stereocenters. The average Bonchev–Trinajstić information content (AvgIpc) is 2.68. The van der Waals surface area contributed by atoms with Crippen molar-refractivity contribution in [3.05, 3.63) is 28.2 Å². The molecule has 1 aliphatic rings. The van der Waals surface area contributed by atoms with Crippen LogP contribution in [0.1, 0.15) is 35.7 Å². The molecule has 0 spiro atoms. The van der Waals surface area contributed by atoms with Gasteiger partial charge in [0.05, 0.1) is 18.3 Å². The van der Waals surface area contributed by atoms with Crippen LogP contribution in [0.25, 0.3) is 0 Å². The highest BCUT2D eigenvalue weighted by Gasteiger charge is 2.27. The van der Waals surface area contributed by atoms with Gasteiger partial charge in [0.2, 0.25) is 5.43 Å². The Hall–Kier alpha value is -1.82. The first-order valence-electron chi connectivity index (χ1n) is 5.37. The quantitative estimate of drug-likeness (QED) is 0.691. The van der Waals surface area contributed by atoms with Gasteiger partial charge in [-0.2, -0.15) is 0 Å². The molecule has 0 aliphatic heterocycles. The average molecular weight is 239 g/mol. The number of aromatic carboxylic acids is 1. The van der Waals surface area contributed by atoms with Crippen molar-refractivity contribution in [2.45, 2.75) is 31.4 Å². The highest BCUT2D eigenvalue weighted by Crippen LogP contribution is 2.30. The van der Waals surface area contributed by atoms with E-state index in [1.54, 1.807) is 0 Å². The molecule has 92 valence electrons. The summed E-state index contributed by atoms with van der Waals surface area (Å²) in [6.07, 6.45) is 3.94. The number of aliphatic hydroxyl groups is 1. The molecule has 0 bridgehead atoms. The maximum Gasteiger partial charge on any atom is 0.341 e. The zero-order valence-corrected chi connectivity index (χ0v) is 9.04. The van der Waals surface area contributed by atoms with Crippen molar-refractivity contribution < 1.29 is 20.1 Å². The van der Waals surface area contributed by atoms with E-state index in [-0.39, 0.29) is 6.04 Å². The second kappa shape index (κ2) is 4.21. The van der Waals surface area contributed by atoms with Crippen LogP contribution in [0, 0.1) is 0 Å². The van der Waals surface area contributed by atoms with Crippen LogP contribution in [-0.2, 0) is 0 Å². The molecule has 1 aliphatic carbocycles. The standard InChI is InChI=1S/C11H13NO5/c13-8-3-1-2-7(8)12-4-6(11(16)17)10(15)9(14)5-12/h4-5,7-8,13-14H,1-3H2,(H,16,17)/t7-,8-/m1/s1. The molecule has 1 aromatic rings. The Morgan fingerprint density at radius 2 is 2.06 bits per heavy atom. The molecule has 6 nitrogen and oxygen atoms in total. The summed E-state index contributed by atoms with van der Waals surface area (Å²) in [5.74, 6) is -1.99. The number of pyridine rings is 1. The molecule has 17 heavy (non-hydrogen) atoms. The van der Waals surface area contributed by atoms with E-state index in [0.717, 1.165) is 6.42 Å². The number of hydrogen-bond acceptors (Lipinski definition) is 4. The summed E-state index contributed by atoms with van der Waals surface area (Å²) in [5, 5.41) is 27.9. The van der Waals surface area contributed by atoms with Crippen molar-refractivity contribution in [3.63, 3.8) is 0 Å². The number of nitrogens with zero attached hydrogens (tertiary/aromatic N) is 1. The molecule has 1 fully saturated rings. The van der Waals surface area contributed by atoms with Crippen LogP contribution >= 0.6 is 0 Å². The predicted octanol–water partition coefficient (Wildman–Crippen LogP) is 0.338. The summed E-state index contributed by atoms with van der Waals surface area (Å²) < 4.78 is 1.41. The number of rotatable bonds is 2. The number of aromatic nitrogens is 1. The maximum absolute atomic E-state index is 11.4. The fourth-order valence-electron chi connectivity index (χ4n) is 2.20. The molecular formula is C11H13NO5. The van der Waals surface area contributed by atoms with E-state index in [1.807, 2.05) is 0 Å². The Bertz CT molecular complexity index is 507. The van der Waals surface area contributed by atoms with Crippen LogP contribution in [0.2, 0.25) is 0 Å². The van der Waals surface area contributed by atoms with Gasteiger partial charge < -0.3 is 19.9 Å². The third kappa shape index (κ3) is 2.03. The summed E-state index contributed by atoms with van der Waals surface area (Å²) >= 11 is 0. The van der Waals surface area contributed by atoms with Crippen LogP contribution in [0.4, 0.5) is 0 Å². The number of carbonyl (C=O) groups is 1. The van der Waals surface area contributed by atoms with Gasteiger partial charge in [0.15, 0.2) is 5.75 Å². The minimum atomic E-state index is -1.38. The number of aromatic hydroxyl groups is 1. The molecule has 1 heterocycles. The summed E-state index contributed by atoms with van der Waals surface area (Å²) in [7, 11) is 0. The number of carboxylic acids is 1. The fourth-order valence-corrected chi connectivity index (χ4v) is 2.20. The largest absolute Gasteiger partial charge is 0.503 e. The normalized spacial score (nSPS) is 23.8. The first-order chi connectivity index (χ1) is 8.00. The van der Waals surface area contributed by atoms with Gasteiger partial charge in [0.1, 0.15) is 5.56 Å². The third-order valence-corrected chi connectivity index (χ3v) is 3.08. The van der Waals surface area contributed by atoms with Gasteiger partial charge in [-0.1, -0.05) is 0 Å². The van der Waals surface area contributed by atoms with Gasteiger partial charge in [0.25, 0.3) is 0 Å². The van der Waals surface area contributed by atoms with Crippen molar-refractivity contribution in [1.29, 1.82) is 0 Å². The Labute approximate surface area is 96.8 Å². The van der Waals surface area contributed by atoms with E-state index in [1.165, 1.54) is 17.0 Å². The smallest absolute Gasteiger partial charge is 0.341 e. The highest BCUT2D eigenvalue weighted by molar-refractivity contribution is 5.87. The Morgan fingerprint density at radius 1 is 1.35 bits per heavy atom. The Kier molecular flexibility index (Phi) is 2.89. The van der Waals surface area contributed by atoms with Gasteiger partial charge in [-0.05, 0) is 19.3 Å². The van der Waals surface area contributed by atoms with Gasteiger partial charge in [0, 0.05) is 6.20 Å². The van der Waals surface area contributed by atoms with E-state index in [0.29, 0.717) is 12.8 Å². The molecule has 3 N–H and O–H groups in total. The van der Waals surface area contributed by atoms with Gasteiger partial charge >= 0.3 is 5.97 Å². The summed E-state index contributed by atoms with van der Waals surface area (Å²) in [5.41, 5.74) is -1.38. The highest BCUT2D eigenvalue weighted by atomic mass is 16.4. The minimum Gasteiger partial charge on any atom is -0.503 e. The van der Waals surface area contributed by atoms with E-state index in [9.17, 15) is 19.8 Å². The molecule has 2 atom stereocenters. The van der Waals surface area contributed by atoms with Gasteiger partial charge in [-0.3, -0.25) is 4.79 Å². The van der Waals surface area contributed by atoms with E-state index < -0.39 is 28.8 Å². The topological polar surface area (TPSA) is 99.8 Å². The predicted molar refractivity (Wildman–Crippen MR) is 58.2 cm³/mol. The number of aliphatic hydroxyl groups excluding tert-OH is 1. The molecule has 0 aromatic carbocycles. The molecule has 0 saturated heterocycles. The zero-order chi connectivity index (χ0) is 12.6. The zero-order valence-electron chi connectivity index (χ0n) is 9.04. The minimum absolute atomic E-state index is 0.278. The Morgan fingerprint density at radius 3 is 2.59 bits per heavy atom. The fraction of sp³-hybridized carbons (Fsp3) is 0.455. The molecule has 1 saturated carbocycles. The second-order valence-electron chi connectivity index (χ2n) is 4.20. The number of hydrogen-bond donors (Lipinski definition) is 3. The first kappa shape index (κ1) is 11.7. The lowest BCUT2D eigenvalue weighted by atomic mass is 10.2. The molecule has 0 radical (unpaired) electrons. The molecule has 1 aromatic heterocycles.